The van der Waals surface area contributed by atoms with E-state index >= 15 is 0 Å². The van der Waals surface area contributed by atoms with E-state index in [1.807, 2.05) is 6.07 Å². The number of hydrogen-bond acceptors (Lipinski definition) is 8. The smallest absolute Gasteiger partial charge is 0.361 e. The number of rotatable bonds is 6. The highest BCUT2D eigenvalue weighted by molar-refractivity contribution is 5.96. The van der Waals surface area contributed by atoms with E-state index in [0.717, 1.165) is 0 Å². The van der Waals surface area contributed by atoms with Crippen molar-refractivity contribution < 1.29 is 23.9 Å². The minimum Gasteiger partial charge on any atom is -0.463 e. The number of ether oxygens (including phenoxy) is 2. The maximum absolute atomic E-state index is 12.6. The largest absolute Gasteiger partial charge is 0.463 e. The average molecular weight is 397 g/mol. The fourth-order valence-electron chi connectivity index (χ4n) is 2.79. The summed E-state index contributed by atoms with van der Waals surface area (Å²) in [5.41, 5.74) is 6.38. The fraction of sp³-hybridized carbons (Fsp3) is 0.211. The maximum Gasteiger partial charge on any atom is 0.361 e. The molecule has 3 rings (SSSR count). The van der Waals surface area contributed by atoms with Crippen LogP contribution in [0.4, 0.5) is 10.6 Å². The Labute approximate surface area is 166 Å². The molecule has 2 amide bonds. The SMILES string of the molecule is CCOC(=O)C1=C(COC(=O)c2nccnc2N)NC(=O)NC1c1ccccc1. The second-order valence-corrected chi connectivity index (χ2v) is 5.92. The Hall–Kier alpha value is -3.95. The monoisotopic (exact) mass is 397 g/mol. The molecule has 2 aromatic rings. The third kappa shape index (κ3) is 4.49. The molecule has 0 radical (unpaired) electrons. The molecule has 1 aliphatic rings. The molecule has 1 aromatic carbocycles. The molecule has 1 aliphatic heterocycles. The quantitative estimate of drug-likeness (QED) is 0.614. The van der Waals surface area contributed by atoms with Crippen molar-refractivity contribution >= 4 is 23.8 Å². The zero-order chi connectivity index (χ0) is 20.8. The van der Waals surface area contributed by atoms with Gasteiger partial charge in [0.25, 0.3) is 0 Å². The standard InChI is InChI=1S/C19H19N5O5/c1-2-28-17(25)13-12(10-29-18(26)15-16(20)22-9-8-21-15)23-19(27)24-14(13)11-6-4-3-5-7-11/h3-9,14H,2,10H2,1H3,(H2,20,22)(H2,23,24,27). The van der Waals surface area contributed by atoms with E-state index in [-0.39, 0.29) is 36.0 Å². The summed E-state index contributed by atoms with van der Waals surface area (Å²) in [5.74, 6) is -1.57. The Bertz CT molecular complexity index is 960. The number of nitrogen functional groups attached to an aromatic ring is 1. The molecule has 1 unspecified atom stereocenters. The Morgan fingerprint density at radius 1 is 1.10 bits per heavy atom. The maximum atomic E-state index is 12.6. The molecule has 0 bridgehead atoms. The second kappa shape index (κ2) is 8.83. The van der Waals surface area contributed by atoms with Gasteiger partial charge in [-0.15, -0.1) is 0 Å². The van der Waals surface area contributed by atoms with E-state index < -0.39 is 24.0 Å². The van der Waals surface area contributed by atoms with Gasteiger partial charge < -0.3 is 25.8 Å². The van der Waals surface area contributed by atoms with Gasteiger partial charge in [0, 0.05) is 12.4 Å². The molecule has 29 heavy (non-hydrogen) atoms. The first-order valence-corrected chi connectivity index (χ1v) is 8.77. The summed E-state index contributed by atoms with van der Waals surface area (Å²) in [6, 6.07) is 7.59. The molecular weight excluding hydrogens is 378 g/mol. The molecule has 0 spiro atoms. The number of aromatic nitrogens is 2. The number of anilines is 1. The molecule has 0 aliphatic carbocycles. The summed E-state index contributed by atoms with van der Waals surface area (Å²) < 4.78 is 10.3. The number of nitrogens with two attached hydrogens (primary N) is 1. The lowest BCUT2D eigenvalue weighted by Gasteiger charge is -2.29. The van der Waals surface area contributed by atoms with E-state index in [0.29, 0.717) is 5.56 Å². The second-order valence-electron chi connectivity index (χ2n) is 5.92. The van der Waals surface area contributed by atoms with Crippen molar-refractivity contribution in [2.24, 2.45) is 0 Å². The first-order chi connectivity index (χ1) is 14.0. The van der Waals surface area contributed by atoms with Crippen molar-refractivity contribution in [2.75, 3.05) is 18.9 Å². The summed E-state index contributed by atoms with van der Waals surface area (Å²) in [6.45, 7) is 1.42. The van der Waals surface area contributed by atoms with E-state index in [2.05, 4.69) is 20.6 Å². The van der Waals surface area contributed by atoms with Gasteiger partial charge in [-0.2, -0.15) is 0 Å². The van der Waals surface area contributed by atoms with Crippen LogP contribution in [0, 0.1) is 0 Å². The molecule has 150 valence electrons. The van der Waals surface area contributed by atoms with Gasteiger partial charge in [0.05, 0.1) is 23.9 Å². The highest BCUT2D eigenvalue weighted by Crippen LogP contribution is 2.28. The van der Waals surface area contributed by atoms with Crippen LogP contribution < -0.4 is 16.4 Å². The Kier molecular flexibility index (Phi) is 6.03. The average Bonchev–Trinajstić information content (AvgIpc) is 2.72. The summed E-state index contributed by atoms with van der Waals surface area (Å²) in [5, 5.41) is 5.20. The Morgan fingerprint density at radius 2 is 1.83 bits per heavy atom. The number of nitrogens with one attached hydrogen (secondary N) is 2. The van der Waals surface area contributed by atoms with Crippen LogP contribution in [0.2, 0.25) is 0 Å². The van der Waals surface area contributed by atoms with Crippen molar-refractivity contribution in [3.8, 4) is 0 Å². The summed E-state index contributed by atoms with van der Waals surface area (Å²) in [6.07, 6.45) is 2.64. The zero-order valence-electron chi connectivity index (χ0n) is 15.5. The third-order valence-electron chi connectivity index (χ3n) is 4.05. The predicted octanol–water partition coefficient (Wildman–Crippen LogP) is 1.09. The number of hydrogen-bond donors (Lipinski definition) is 3. The van der Waals surface area contributed by atoms with Gasteiger partial charge in [0.1, 0.15) is 6.61 Å². The van der Waals surface area contributed by atoms with Crippen LogP contribution in [-0.4, -0.2) is 41.2 Å². The van der Waals surface area contributed by atoms with Crippen molar-refractivity contribution in [1.82, 2.24) is 20.6 Å². The highest BCUT2D eigenvalue weighted by Gasteiger charge is 2.34. The molecule has 0 fully saturated rings. The molecule has 2 heterocycles. The van der Waals surface area contributed by atoms with Crippen LogP contribution in [0.25, 0.3) is 0 Å². The fourth-order valence-corrected chi connectivity index (χ4v) is 2.79. The van der Waals surface area contributed by atoms with Crippen molar-refractivity contribution in [3.05, 3.63) is 65.3 Å². The first kappa shape index (κ1) is 19.8. The molecular formula is C19H19N5O5. The van der Waals surface area contributed by atoms with E-state index in [1.54, 1.807) is 31.2 Å². The van der Waals surface area contributed by atoms with Crippen LogP contribution in [0.15, 0.2) is 54.0 Å². The van der Waals surface area contributed by atoms with Crippen LogP contribution >= 0.6 is 0 Å². The number of carbonyl (C=O) groups excluding carboxylic acids is 3. The lowest BCUT2D eigenvalue weighted by Crippen LogP contribution is -2.47. The highest BCUT2D eigenvalue weighted by atomic mass is 16.5. The first-order valence-electron chi connectivity index (χ1n) is 8.77. The number of esters is 2. The molecule has 0 saturated carbocycles. The number of amides is 2. The number of urea groups is 1. The Balaban J connectivity index is 1.92. The molecule has 10 heteroatoms. The minimum atomic E-state index is -0.838. The van der Waals surface area contributed by atoms with Gasteiger partial charge in [-0.25, -0.2) is 24.4 Å². The van der Waals surface area contributed by atoms with Gasteiger partial charge in [-0.3, -0.25) is 0 Å². The van der Waals surface area contributed by atoms with E-state index in [1.165, 1.54) is 12.4 Å². The molecule has 1 aromatic heterocycles. The minimum absolute atomic E-state index is 0.0893. The van der Waals surface area contributed by atoms with Crippen LogP contribution in [0.5, 0.6) is 0 Å². The zero-order valence-corrected chi connectivity index (χ0v) is 15.5. The lowest BCUT2D eigenvalue weighted by molar-refractivity contribution is -0.139. The lowest BCUT2D eigenvalue weighted by atomic mass is 9.95. The normalized spacial score (nSPS) is 15.9. The number of carbonyl (C=O) groups is 3. The van der Waals surface area contributed by atoms with E-state index in [9.17, 15) is 14.4 Å². The number of benzene rings is 1. The topological polar surface area (TPSA) is 146 Å². The molecule has 1 atom stereocenters. The van der Waals surface area contributed by atoms with E-state index in [4.69, 9.17) is 15.2 Å². The van der Waals surface area contributed by atoms with Crippen LogP contribution in [-0.2, 0) is 14.3 Å². The number of nitrogens with zero attached hydrogens (tertiary/aromatic N) is 2. The summed E-state index contributed by atoms with van der Waals surface area (Å²) in [7, 11) is 0. The summed E-state index contributed by atoms with van der Waals surface area (Å²) >= 11 is 0. The van der Waals surface area contributed by atoms with Crippen molar-refractivity contribution in [3.63, 3.8) is 0 Å². The molecule has 0 saturated heterocycles. The molecule has 10 nitrogen and oxygen atoms in total. The van der Waals surface area contributed by atoms with Gasteiger partial charge >= 0.3 is 18.0 Å². The van der Waals surface area contributed by atoms with Crippen LogP contribution in [0.3, 0.4) is 0 Å². The predicted molar refractivity (Wildman–Crippen MR) is 101 cm³/mol. The van der Waals surface area contributed by atoms with Gasteiger partial charge in [-0.1, -0.05) is 30.3 Å². The van der Waals surface area contributed by atoms with Crippen LogP contribution in [0.1, 0.15) is 29.0 Å². The summed E-state index contributed by atoms with van der Waals surface area (Å²) in [4.78, 5) is 44.7. The van der Waals surface area contributed by atoms with Gasteiger partial charge in [0.2, 0.25) is 0 Å². The molecule has 4 N–H and O–H groups in total. The van der Waals surface area contributed by atoms with Crippen molar-refractivity contribution in [1.29, 1.82) is 0 Å². The van der Waals surface area contributed by atoms with Gasteiger partial charge in [-0.05, 0) is 12.5 Å². The Morgan fingerprint density at radius 3 is 2.52 bits per heavy atom. The van der Waals surface area contributed by atoms with Crippen molar-refractivity contribution in [2.45, 2.75) is 13.0 Å². The van der Waals surface area contributed by atoms with Gasteiger partial charge in [0.15, 0.2) is 11.5 Å². The third-order valence-corrected chi connectivity index (χ3v) is 4.05.